The summed E-state index contributed by atoms with van der Waals surface area (Å²) < 4.78 is 22.4. The second-order valence-electron chi connectivity index (χ2n) is 7.31. The molecule has 1 aromatic carbocycles. The quantitative estimate of drug-likeness (QED) is 0.361. The highest BCUT2D eigenvalue weighted by Gasteiger charge is 2.46. The van der Waals surface area contributed by atoms with E-state index in [-0.39, 0.29) is 5.60 Å². The van der Waals surface area contributed by atoms with Gasteiger partial charge in [0.1, 0.15) is 23.5 Å². The molecule has 2 aromatic heterocycles. The van der Waals surface area contributed by atoms with Crippen molar-refractivity contribution in [2.24, 2.45) is 0 Å². The van der Waals surface area contributed by atoms with Gasteiger partial charge in [-0.05, 0) is 51.8 Å². The van der Waals surface area contributed by atoms with Crippen molar-refractivity contribution in [1.29, 1.82) is 0 Å². The number of furan rings is 1. The summed E-state index contributed by atoms with van der Waals surface area (Å²) in [4.78, 5) is 11.5. The molecule has 1 atom stereocenters. The van der Waals surface area contributed by atoms with E-state index < -0.39 is 5.63 Å². The minimum atomic E-state index is -0.393. The minimum absolute atomic E-state index is 0.0382. The third kappa shape index (κ3) is 3.27. The van der Waals surface area contributed by atoms with Gasteiger partial charge in [0.2, 0.25) is 0 Å². The van der Waals surface area contributed by atoms with Crippen LogP contribution in [0.4, 0.5) is 0 Å². The fourth-order valence-electron chi connectivity index (χ4n) is 3.23. The Morgan fingerprint density at radius 1 is 1.23 bits per heavy atom. The van der Waals surface area contributed by atoms with Crippen molar-refractivity contribution in [3.05, 3.63) is 52.6 Å². The molecule has 0 saturated carbocycles. The van der Waals surface area contributed by atoms with Gasteiger partial charge < -0.3 is 18.3 Å². The van der Waals surface area contributed by atoms with Gasteiger partial charge in [0, 0.05) is 12.1 Å². The minimum Gasteiger partial charge on any atom is -0.488 e. The van der Waals surface area contributed by atoms with E-state index in [0.717, 1.165) is 23.6 Å². The standard InChI is InChI=1S/C21H22O5/c1-13(4-6-18-21(2,3)26-18)8-10-24-20-14-5-7-19(22)25-17(14)12-16-15(20)9-11-23-16/h5,7-9,11-12,18H,4,6,10H2,1-3H3/b13-8+/t18-/m0/s1. The molecule has 0 bridgehead atoms. The fourth-order valence-corrected chi connectivity index (χ4v) is 3.23. The van der Waals surface area contributed by atoms with Crippen LogP contribution < -0.4 is 10.4 Å². The third-order valence-electron chi connectivity index (χ3n) is 4.93. The van der Waals surface area contributed by atoms with Crippen LogP contribution in [0.15, 0.2) is 55.8 Å². The summed E-state index contributed by atoms with van der Waals surface area (Å²) in [7, 11) is 0. The third-order valence-corrected chi connectivity index (χ3v) is 4.93. The molecule has 0 aliphatic carbocycles. The fraction of sp³-hybridized carbons (Fsp3) is 0.381. The maximum absolute atomic E-state index is 11.5. The molecule has 5 heteroatoms. The summed E-state index contributed by atoms with van der Waals surface area (Å²) in [5, 5.41) is 1.63. The molecular formula is C21H22O5. The molecule has 1 saturated heterocycles. The maximum atomic E-state index is 11.5. The monoisotopic (exact) mass is 354 g/mol. The lowest BCUT2D eigenvalue weighted by molar-refractivity contribution is 0.320. The SMILES string of the molecule is C/C(=C\COc1c2ccoc2cc2oc(=O)ccc12)CC[C@@H]1OC1(C)C. The Balaban J connectivity index is 1.51. The highest BCUT2D eigenvalue weighted by atomic mass is 16.6. The summed E-state index contributed by atoms with van der Waals surface area (Å²) in [6.07, 6.45) is 6.06. The molecule has 26 heavy (non-hydrogen) atoms. The van der Waals surface area contributed by atoms with E-state index in [4.69, 9.17) is 18.3 Å². The summed E-state index contributed by atoms with van der Waals surface area (Å²) >= 11 is 0. The zero-order valence-corrected chi connectivity index (χ0v) is 15.2. The Kier molecular flexibility index (Phi) is 4.11. The van der Waals surface area contributed by atoms with E-state index in [1.165, 1.54) is 11.6 Å². The van der Waals surface area contributed by atoms with E-state index >= 15 is 0 Å². The van der Waals surface area contributed by atoms with Gasteiger partial charge in [0.15, 0.2) is 0 Å². The first kappa shape index (κ1) is 16.9. The molecule has 3 heterocycles. The van der Waals surface area contributed by atoms with E-state index in [0.29, 0.717) is 29.6 Å². The van der Waals surface area contributed by atoms with Crippen LogP contribution in [0, 0.1) is 0 Å². The van der Waals surface area contributed by atoms with Crippen molar-refractivity contribution in [2.75, 3.05) is 6.61 Å². The van der Waals surface area contributed by atoms with Gasteiger partial charge in [0.05, 0.1) is 28.7 Å². The number of ether oxygens (including phenoxy) is 2. The number of hydrogen-bond donors (Lipinski definition) is 0. The molecule has 3 aromatic rings. The van der Waals surface area contributed by atoms with E-state index in [1.54, 1.807) is 18.4 Å². The lowest BCUT2D eigenvalue weighted by atomic mass is 10.0. The van der Waals surface area contributed by atoms with Crippen molar-refractivity contribution in [3.8, 4) is 5.75 Å². The number of fused-ring (bicyclic) bond motifs is 2. The lowest BCUT2D eigenvalue weighted by Gasteiger charge is -2.09. The van der Waals surface area contributed by atoms with Crippen LogP contribution >= 0.6 is 0 Å². The molecule has 1 aliphatic rings. The predicted octanol–water partition coefficient (Wildman–Crippen LogP) is 4.82. The topological polar surface area (TPSA) is 65.1 Å². The van der Waals surface area contributed by atoms with Crippen LogP contribution in [-0.4, -0.2) is 18.3 Å². The zero-order chi connectivity index (χ0) is 18.3. The Bertz CT molecular complexity index is 1040. The van der Waals surface area contributed by atoms with Crippen molar-refractivity contribution in [1.82, 2.24) is 0 Å². The number of epoxide rings is 1. The Morgan fingerprint density at radius 2 is 2.00 bits per heavy atom. The molecule has 5 nitrogen and oxygen atoms in total. The predicted molar refractivity (Wildman–Crippen MR) is 99.7 cm³/mol. The molecule has 1 aliphatic heterocycles. The van der Waals surface area contributed by atoms with Gasteiger partial charge in [-0.2, -0.15) is 0 Å². The smallest absolute Gasteiger partial charge is 0.336 e. The van der Waals surface area contributed by atoms with Crippen LogP contribution in [-0.2, 0) is 4.74 Å². The second-order valence-corrected chi connectivity index (χ2v) is 7.31. The first-order valence-electron chi connectivity index (χ1n) is 8.84. The number of allylic oxidation sites excluding steroid dienone is 1. The Hall–Kier alpha value is -2.53. The van der Waals surface area contributed by atoms with E-state index in [2.05, 4.69) is 26.8 Å². The molecular weight excluding hydrogens is 332 g/mol. The van der Waals surface area contributed by atoms with Crippen molar-refractivity contribution >= 4 is 21.9 Å². The lowest BCUT2D eigenvalue weighted by Crippen LogP contribution is -2.03. The zero-order valence-electron chi connectivity index (χ0n) is 15.2. The number of rotatable bonds is 6. The summed E-state index contributed by atoms with van der Waals surface area (Å²) in [6.45, 7) is 6.79. The van der Waals surface area contributed by atoms with Gasteiger partial charge in [-0.15, -0.1) is 0 Å². The van der Waals surface area contributed by atoms with Crippen LogP contribution in [0.1, 0.15) is 33.6 Å². The van der Waals surface area contributed by atoms with Crippen LogP contribution in [0.25, 0.3) is 21.9 Å². The number of benzene rings is 1. The highest BCUT2D eigenvalue weighted by molar-refractivity contribution is 6.01. The molecule has 0 spiro atoms. The molecule has 4 rings (SSSR count). The maximum Gasteiger partial charge on any atom is 0.336 e. The average molecular weight is 354 g/mol. The largest absolute Gasteiger partial charge is 0.488 e. The Morgan fingerprint density at radius 3 is 2.77 bits per heavy atom. The van der Waals surface area contributed by atoms with Crippen LogP contribution in [0.5, 0.6) is 5.75 Å². The van der Waals surface area contributed by atoms with Gasteiger partial charge in [-0.3, -0.25) is 0 Å². The summed E-state index contributed by atoms with van der Waals surface area (Å²) in [5.74, 6) is 0.672. The first-order valence-corrected chi connectivity index (χ1v) is 8.84. The van der Waals surface area contributed by atoms with Gasteiger partial charge in [0.25, 0.3) is 0 Å². The molecule has 0 radical (unpaired) electrons. The van der Waals surface area contributed by atoms with Gasteiger partial charge >= 0.3 is 5.63 Å². The van der Waals surface area contributed by atoms with Crippen LogP contribution in [0.3, 0.4) is 0 Å². The normalized spacial score (nSPS) is 19.2. The summed E-state index contributed by atoms with van der Waals surface area (Å²) in [6, 6.07) is 6.71. The number of hydrogen-bond acceptors (Lipinski definition) is 5. The van der Waals surface area contributed by atoms with Crippen molar-refractivity contribution < 1.29 is 18.3 Å². The van der Waals surface area contributed by atoms with E-state index in [9.17, 15) is 4.79 Å². The van der Waals surface area contributed by atoms with Crippen molar-refractivity contribution in [3.63, 3.8) is 0 Å². The molecule has 136 valence electrons. The Labute approximate surface area is 151 Å². The van der Waals surface area contributed by atoms with Crippen LogP contribution in [0.2, 0.25) is 0 Å². The van der Waals surface area contributed by atoms with E-state index in [1.807, 2.05) is 6.07 Å². The average Bonchev–Trinajstić information content (AvgIpc) is 2.98. The summed E-state index contributed by atoms with van der Waals surface area (Å²) in [5.41, 5.74) is 2.01. The highest BCUT2D eigenvalue weighted by Crippen LogP contribution is 2.39. The molecule has 0 N–H and O–H groups in total. The second kappa shape index (κ2) is 6.32. The molecule has 1 fully saturated rings. The van der Waals surface area contributed by atoms with Gasteiger partial charge in [-0.1, -0.05) is 5.57 Å². The molecule has 0 amide bonds. The molecule has 0 unspecified atom stereocenters. The van der Waals surface area contributed by atoms with Crippen molar-refractivity contribution in [2.45, 2.75) is 45.3 Å². The van der Waals surface area contributed by atoms with Gasteiger partial charge in [-0.25, -0.2) is 4.79 Å². The first-order chi connectivity index (χ1) is 12.4.